The maximum atomic E-state index is 13.5. The second-order valence-corrected chi connectivity index (χ2v) is 8.57. The Morgan fingerprint density at radius 2 is 1.58 bits per heavy atom. The monoisotopic (exact) mass is 428 g/mol. The van der Waals surface area contributed by atoms with E-state index < -0.39 is 0 Å². The highest BCUT2D eigenvalue weighted by Crippen LogP contribution is 2.39. The first kappa shape index (κ1) is 20.9. The smallest absolute Gasteiger partial charge is 0.283 e. The molecular formula is C26H24N2O2S. The van der Waals surface area contributed by atoms with Crippen molar-refractivity contribution in [2.75, 3.05) is 10.2 Å². The van der Waals surface area contributed by atoms with Crippen LogP contribution in [0.5, 0.6) is 0 Å². The number of imide groups is 1. The van der Waals surface area contributed by atoms with E-state index in [0.29, 0.717) is 16.3 Å². The largest absolute Gasteiger partial charge is 0.350 e. The van der Waals surface area contributed by atoms with Gasteiger partial charge in [0.25, 0.3) is 11.8 Å². The lowest BCUT2D eigenvalue weighted by atomic mass is 10.1. The van der Waals surface area contributed by atoms with Gasteiger partial charge in [-0.15, -0.1) is 0 Å². The Hall–Kier alpha value is -3.31. The number of rotatable bonds is 6. The zero-order chi connectivity index (χ0) is 22.0. The van der Waals surface area contributed by atoms with Gasteiger partial charge in [-0.3, -0.25) is 9.59 Å². The summed E-state index contributed by atoms with van der Waals surface area (Å²) in [7, 11) is 0. The van der Waals surface area contributed by atoms with Crippen molar-refractivity contribution in [2.24, 2.45) is 0 Å². The number of hydrogen-bond acceptors (Lipinski definition) is 4. The second kappa shape index (κ2) is 8.82. The van der Waals surface area contributed by atoms with Gasteiger partial charge in [0.1, 0.15) is 10.6 Å². The Balaban J connectivity index is 1.79. The third-order valence-corrected chi connectivity index (χ3v) is 6.35. The minimum absolute atomic E-state index is 0.303. The maximum Gasteiger partial charge on any atom is 0.283 e. The van der Waals surface area contributed by atoms with Crippen LogP contribution in [-0.2, 0) is 16.0 Å². The predicted octanol–water partition coefficient (Wildman–Crippen LogP) is 5.86. The number of aryl methyl sites for hydroxylation is 3. The molecule has 4 nitrogen and oxygen atoms in total. The summed E-state index contributed by atoms with van der Waals surface area (Å²) in [6.07, 6.45) is 0.820. The molecule has 4 rings (SSSR count). The molecule has 1 aliphatic heterocycles. The number of carbonyl (C=O) groups is 2. The third-order valence-electron chi connectivity index (χ3n) is 5.26. The Morgan fingerprint density at radius 1 is 0.871 bits per heavy atom. The summed E-state index contributed by atoms with van der Waals surface area (Å²) in [5.41, 5.74) is 4.84. The van der Waals surface area contributed by atoms with Gasteiger partial charge in [0.2, 0.25) is 0 Å². The minimum atomic E-state index is -0.332. The van der Waals surface area contributed by atoms with Crippen LogP contribution < -0.4 is 10.2 Å². The van der Waals surface area contributed by atoms with Crippen LogP contribution in [0, 0.1) is 13.8 Å². The number of anilines is 2. The molecule has 1 heterocycles. The topological polar surface area (TPSA) is 49.4 Å². The Kier molecular flexibility index (Phi) is 5.96. The lowest BCUT2D eigenvalue weighted by Gasteiger charge is -2.18. The van der Waals surface area contributed by atoms with Gasteiger partial charge in [-0.05, 0) is 55.7 Å². The van der Waals surface area contributed by atoms with Crippen molar-refractivity contribution in [3.05, 3.63) is 100 Å². The van der Waals surface area contributed by atoms with Crippen LogP contribution in [0.2, 0.25) is 0 Å². The molecule has 1 aliphatic rings. The number of benzene rings is 3. The number of para-hydroxylation sites is 1. The van der Waals surface area contributed by atoms with E-state index in [0.717, 1.165) is 33.7 Å². The second-order valence-electron chi connectivity index (χ2n) is 7.49. The SMILES string of the molecule is CCc1ccccc1NC1=C(Sc2ccccc2)C(=O)N(c2ccc(C)cc2C)C1=O. The molecule has 0 saturated carbocycles. The van der Waals surface area contributed by atoms with Crippen LogP contribution in [-0.4, -0.2) is 11.8 Å². The number of nitrogens with zero attached hydrogens (tertiary/aromatic N) is 1. The van der Waals surface area contributed by atoms with Crippen LogP contribution in [0.4, 0.5) is 11.4 Å². The molecule has 0 spiro atoms. The minimum Gasteiger partial charge on any atom is -0.350 e. The van der Waals surface area contributed by atoms with Crippen molar-refractivity contribution in [3.63, 3.8) is 0 Å². The molecule has 1 N–H and O–H groups in total. The molecule has 2 amide bonds. The molecule has 3 aromatic rings. The van der Waals surface area contributed by atoms with Crippen molar-refractivity contribution < 1.29 is 9.59 Å². The van der Waals surface area contributed by atoms with Crippen molar-refractivity contribution in [1.82, 2.24) is 0 Å². The molecule has 3 aromatic carbocycles. The first-order valence-corrected chi connectivity index (χ1v) is 11.1. The van der Waals surface area contributed by atoms with E-state index in [1.165, 1.54) is 16.7 Å². The van der Waals surface area contributed by atoms with Gasteiger partial charge < -0.3 is 5.32 Å². The predicted molar refractivity (Wildman–Crippen MR) is 127 cm³/mol. The lowest BCUT2D eigenvalue weighted by molar-refractivity contribution is -0.120. The molecule has 0 atom stereocenters. The summed E-state index contributed by atoms with van der Waals surface area (Å²) >= 11 is 1.32. The van der Waals surface area contributed by atoms with Crippen LogP contribution >= 0.6 is 11.8 Å². The fourth-order valence-electron chi connectivity index (χ4n) is 3.68. The molecular weight excluding hydrogens is 404 g/mol. The quantitative estimate of drug-likeness (QED) is 0.500. The molecule has 0 radical (unpaired) electrons. The number of amides is 2. The van der Waals surface area contributed by atoms with Crippen LogP contribution in [0.1, 0.15) is 23.6 Å². The fraction of sp³-hybridized carbons (Fsp3) is 0.154. The molecule has 156 valence electrons. The van der Waals surface area contributed by atoms with Crippen molar-refractivity contribution in [1.29, 1.82) is 0 Å². The van der Waals surface area contributed by atoms with E-state index in [1.807, 2.05) is 86.6 Å². The van der Waals surface area contributed by atoms with E-state index in [9.17, 15) is 9.59 Å². The Morgan fingerprint density at radius 3 is 2.29 bits per heavy atom. The van der Waals surface area contributed by atoms with Crippen LogP contribution in [0.25, 0.3) is 0 Å². The summed E-state index contributed by atoms with van der Waals surface area (Å²) in [4.78, 5) is 29.6. The third kappa shape index (κ3) is 4.14. The van der Waals surface area contributed by atoms with E-state index in [2.05, 4.69) is 12.2 Å². The highest BCUT2D eigenvalue weighted by molar-refractivity contribution is 8.04. The average Bonchev–Trinajstić information content (AvgIpc) is 2.99. The Bertz CT molecular complexity index is 1190. The summed E-state index contributed by atoms with van der Waals surface area (Å²) < 4.78 is 0. The van der Waals surface area contributed by atoms with Gasteiger partial charge in [0, 0.05) is 10.6 Å². The normalized spacial score (nSPS) is 13.8. The van der Waals surface area contributed by atoms with Crippen molar-refractivity contribution in [2.45, 2.75) is 32.1 Å². The van der Waals surface area contributed by atoms with E-state index >= 15 is 0 Å². The molecule has 0 unspecified atom stereocenters. The first-order chi connectivity index (χ1) is 15.0. The summed E-state index contributed by atoms with van der Waals surface area (Å²) in [6.45, 7) is 5.98. The zero-order valence-electron chi connectivity index (χ0n) is 17.8. The number of hydrogen-bond donors (Lipinski definition) is 1. The van der Waals surface area contributed by atoms with E-state index in [-0.39, 0.29) is 11.8 Å². The van der Waals surface area contributed by atoms with Gasteiger partial charge in [-0.2, -0.15) is 0 Å². The zero-order valence-corrected chi connectivity index (χ0v) is 18.6. The van der Waals surface area contributed by atoms with Gasteiger partial charge in [0.05, 0.1) is 5.69 Å². The van der Waals surface area contributed by atoms with Crippen LogP contribution in [0.15, 0.2) is 88.3 Å². The first-order valence-electron chi connectivity index (χ1n) is 10.3. The lowest BCUT2D eigenvalue weighted by Crippen LogP contribution is -2.33. The average molecular weight is 429 g/mol. The molecule has 31 heavy (non-hydrogen) atoms. The highest BCUT2D eigenvalue weighted by atomic mass is 32.2. The molecule has 0 aromatic heterocycles. The number of nitrogens with one attached hydrogen (secondary N) is 1. The Labute approximate surface area is 187 Å². The molecule has 0 saturated heterocycles. The van der Waals surface area contributed by atoms with Gasteiger partial charge in [-0.1, -0.05) is 72.8 Å². The highest BCUT2D eigenvalue weighted by Gasteiger charge is 2.40. The standard InChI is InChI=1S/C26H24N2O2S/c1-4-19-10-8-9-13-21(19)27-23-24(31-20-11-6-5-7-12-20)26(30)28(25(23)29)22-15-14-17(2)16-18(22)3/h5-16,27H,4H2,1-3H3. The van der Waals surface area contributed by atoms with Crippen LogP contribution in [0.3, 0.4) is 0 Å². The van der Waals surface area contributed by atoms with Crippen molar-refractivity contribution >= 4 is 35.0 Å². The van der Waals surface area contributed by atoms with Gasteiger partial charge >= 0.3 is 0 Å². The van der Waals surface area contributed by atoms with E-state index in [4.69, 9.17) is 0 Å². The molecule has 5 heteroatoms. The molecule has 0 aliphatic carbocycles. The molecule has 0 fully saturated rings. The summed E-state index contributed by atoms with van der Waals surface area (Å²) in [5.74, 6) is -0.636. The summed E-state index contributed by atoms with van der Waals surface area (Å²) in [6, 6.07) is 23.3. The fourth-order valence-corrected chi connectivity index (χ4v) is 4.63. The molecule has 0 bridgehead atoms. The maximum absolute atomic E-state index is 13.5. The summed E-state index contributed by atoms with van der Waals surface area (Å²) in [5, 5.41) is 3.29. The van der Waals surface area contributed by atoms with Gasteiger partial charge in [0.15, 0.2) is 0 Å². The van der Waals surface area contributed by atoms with Gasteiger partial charge in [-0.25, -0.2) is 4.90 Å². The number of carbonyl (C=O) groups excluding carboxylic acids is 2. The van der Waals surface area contributed by atoms with E-state index in [1.54, 1.807) is 0 Å². The number of thioether (sulfide) groups is 1. The van der Waals surface area contributed by atoms with Crippen molar-refractivity contribution in [3.8, 4) is 0 Å².